The van der Waals surface area contributed by atoms with E-state index >= 15 is 0 Å². The summed E-state index contributed by atoms with van der Waals surface area (Å²) in [5.41, 5.74) is 1.21. The number of halogens is 2. The van der Waals surface area contributed by atoms with Gasteiger partial charge in [0.2, 0.25) is 5.88 Å². The van der Waals surface area contributed by atoms with Crippen LogP contribution in [-0.4, -0.2) is 36.1 Å². The Morgan fingerprint density at radius 2 is 1.52 bits per heavy atom. The third-order valence-corrected chi connectivity index (χ3v) is 4.47. The van der Waals surface area contributed by atoms with Gasteiger partial charge in [0.15, 0.2) is 11.6 Å². The average Bonchev–Trinajstić information content (AvgIpc) is 2.72. The summed E-state index contributed by atoms with van der Waals surface area (Å²) in [7, 11) is 0. The summed E-state index contributed by atoms with van der Waals surface area (Å²) in [4.78, 5) is 12.9. The molecular formula is C20H18F2N4O. The van der Waals surface area contributed by atoms with Gasteiger partial charge in [-0.15, -0.1) is 0 Å². The Kier molecular flexibility index (Phi) is 4.82. The lowest BCUT2D eigenvalue weighted by atomic mass is 10.2. The van der Waals surface area contributed by atoms with Crippen molar-refractivity contribution in [1.82, 2.24) is 9.97 Å². The van der Waals surface area contributed by atoms with Crippen molar-refractivity contribution in [3.8, 4) is 11.6 Å². The van der Waals surface area contributed by atoms with Gasteiger partial charge >= 0.3 is 0 Å². The largest absolute Gasteiger partial charge is 0.439 e. The molecule has 27 heavy (non-hydrogen) atoms. The normalized spacial score (nSPS) is 14.3. The van der Waals surface area contributed by atoms with Gasteiger partial charge in [-0.3, -0.25) is 0 Å². The lowest BCUT2D eigenvalue weighted by Gasteiger charge is -2.36. The predicted molar refractivity (Wildman–Crippen MR) is 99.3 cm³/mol. The van der Waals surface area contributed by atoms with Crippen molar-refractivity contribution < 1.29 is 13.5 Å². The second-order valence-electron chi connectivity index (χ2n) is 6.20. The highest BCUT2D eigenvalue weighted by molar-refractivity contribution is 5.49. The van der Waals surface area contributed by atoms with E-state index in [2.05, 4.69) is 31.9 Å². The van der Waals surface area contributed by atoms with Crippen LogP contribution in [0.2, 0.25) is 0 Å². The highest BCUT2D eigenvalue weighted by Crippen LogP contribution is 2.25. The van der Waals surface area contributed by atoms with E-state index < -0.39 is 11.6 Å². The van der Waals surface area contributed by atoms with Gasteiger partial charge in [-0.05, 0) is 24.3 Å². The SMILES string of the molecule is Fc1ccc(Oc2cc(N3CCN(c4ccccc4)CC3)ncn2)cc1F. The summed E-state index contributed by atoms with van der Waals surface area (Å²) >= 11 is 0. The van der Waals surface area contributed by atoms with E-state index in [1.54, 1.807) is 6.07 Å². The standard InChI is InChI=1S/C20H18F2N4O/c21-17-7-6-16(12-18(17)22)27-20-13-19(23-14-24-20)26-10-8-25(9-11-26)15-4-2-1-3-5-15/h1-7,12-14H,8-11H2. The molecule has 1 saturated heterocycles. The summed E-state index contributed by atoms with van der Waals surface area (Å²) in [5.74, 6) is -0.653. The molecule has 1 fully saturated rings. The van der Waals surface area contributed by atoms with Gasteiger partial charge in [0.25, 0.3) is 0 Å². The fourth-order valence-electron chi connectivity index (χ4n) is 3.05. The van der Waals surface area contributed by atoms with Crippen molar-refractivity contribution in [1.29, 1.82) is 0 Å². The minimum absolute atomic E-state index is 0.187. The van der Waals surface area contributed by atoms with Gasteiger partial charge < -0.3 is 14.5 Å². The smallest absolute Gasteiger partial charge is 0.224 e. The van der Waals surface area contributed by atoms with Crippen LogP contribution in [0.1, 0.15) is 0 Å². The summed E-state index contributed by atoms with van der Waals surface area (Å²) in [5, 5.41) is 0. The predicted octanol–water partition coefficient (Wildman–Crippen LogP) is 3.87. The van der Waals surface area contributed by atoms with E-state index in [1.807, 2.05) is 18.2 Å². The van der Waals surface area contributed by atoms with Gasteiger partial charge in [0, 0.05) is 44.0 Å². The molecule has 0 atom stereocenters. The van der Waals surface area contributed by atoms with Crippen LogP contribution in [0.25, 0.3) is 0 Å². The van der Waals surface area contributed by atoms with E-state index in [0.29, 0.717) is 0 Å². The second-order valence-corrected chi connectivity index (χ2v) is 6.20. The van der Waals surface area contributed by atoms with Crippen molar-refractivity contribution >= 4 is 11.5 Å². The molecule has 5 nitrogen and oxygen atoms in total. The number of anilines is 2. The maximum atomic E-state index is 13.3. The Morgan fingerprint density at radius 1 is 0.778 bits per heavy atom. The van der Waals surface area contributed by atoms with Crippen molar-refractivity contribution in [2.24, 2.45) is 0 Å². The molecular weight excluding hydrogens is 350 g/mol. The number of benzene rings is 2. The topological polar surface area (TPSA) is 41.5 Å². The molecule has 0 spiro atoms. The Labute approximate surface area is 155 Å². The van der Waals surface area contributed by atoms with Gasteiger partial charge in [-0.2, -0.15) is 0 Å². The number of rotatable bonds is 4. The average molecular weight is 368 g/mol. The number of ether oxygens (including phenoxy) is 1. The van der Waals surface area contributed by atoms with Crippen LogP contribution in [0.3, 0.4) is 0 Å². The fraction of sp³-hybridized carbons (Fsp3) is 0.200. The minimum atomic E-state index is -0.959. The zero-order chi connectivity index (χ0) is 18.6. The molecule has 0 aliphatic carbocycles. The molecule has 1 aliphatic heterocycles. The van der Waals surface area contributed by atoms with Gasteiger partial charge in [-0.1, -0.05) is 18.2 Å². The highest BCUT2D eigenvalue weighted by atomic mass is 19.2. The van der Waals surface area contributed by atoms with Crippen LogP contribution in [0, 0.1) is 11.6 Å². The number of piperazine rings is 1. The molecule has 1 aromatic heterocycles. The lowest BCUT2D eigenvalue weighted by Crippen LogP contribution is -2.46. The van der Waals surface area contributed by atoms with Gasteiger partial charge in [0.05, 0.1) is 0 Å². The minimum Gasteiger partial charge on any atom is -0.439 e. The first-order valence-electron chi connectivity index (χ1n) is 8.69. The molecule has 4 rings (SSSR count). The molecule has 2 aromatic carbocycles. The Morgan fingerprint density at radius 3 is 2.26 bits per heavy atom. The fourth-order valence-corrected chi connectivity index (χ4v) is 3.05. The molecule has 3 aromatic rings. The number of hydrogen-bond acceptors (Lipinski definition) is 5. The maximum Gasteiger partial charge on any atom is 0.224 e. The molecule has 0 saturated carbocycles. The lowest BCUT2D eigenvalue weighted by molar-refractivity contribution is 0.446. The van der Waals surface area contributed by atoms with Crippen LogP contribution in [0.5, 0.6) is 11.6 Å². The number of para-hydroxylation sites is 1. The molecule has 2 heterocycles. The van der Waals surface area contributed by atoms with Crippen LogP contribution in [0.4, 0.5) is 20.3 Å². The Bertz CT molecular complexity index is 915. The van der Waals surface area contributed by atoms with E-state index in [-0.39, 0.29) is 11.6 Å². The van der Waals surface area contributed by atoms with E-state index in [9.17, 15) is 8.78 Å². The first kappa shape index (κ1) is 17.2. The monoisotopic (exact) mass is 368 g/mol. The quantitative estimate of drug-likeness (QED) is 0.699. The van der Waals surface area contributed by atoms with Crippen LogP contribution >= 0.6 is 0 Å². The van der Waals surface area contributed by atoms with Crippen molar-refractivity contribution in [3.05, 3.63) is 72.6 Å². The van der Waals surface area contributed by atoms with E-state index in [0.717, 1.165) is 44.1 Å². The van der Waals surface area contributed by atoms with Crippen LogP contribution < -0.4 is 14.5 Å². The molecule has 0 unspecified atom stereocenters. The van der Waals surface area contributed by atoms with Crippen molar-refractivity contribution in [2.75, 3.05) is 36.0 Å². The van der Waals surface area contributed by atoms with Crippen molar-refractivity contribution in [3.63, 3.8) is 0 Å². The summed E-state index contributed by atoms with van der Waals surface area (Å²) < 4.78 is 31.9. The summed E-state index contributed by atoms with van der Waals surface area (Å²) in [6.45, 7) is 3.40. The molecule has 0 radical (unpaired) electrons. The number of nitrogens with zero attached hydrogens (tertiary/aromatic N) is 4. The molecule has 1 aliphatic rings. The summed E-state index contributed by atoms with van der Waals surface area (Å²) in [6.07, 6.45) is 1.41. The first-order chi connectivity index (χ1) is 13.2. The van der Waals surface area contributed by atoms with Gasteiger partial charge in [0.1, 0.15) is 17.9 Å². The van der Waals surface area contributed by atoms with Crippen LogP contribution in [-0.2, 0) is 0 Å². The molecule has 138 valence electrons. The third kappa shape index (κ3) is 3.97. The third-order valence-electron chi connectivity index (χ3n) is 4.47. The van der Waals surface area contributed by atoms with Crippen LogP contribution in [0.15, 0.2) is 60.9 Å². The van der Waals surface area contributed by atoms with E-state index in [1.165, 1.54) is 18.1 Å². The molecule has 7 heteroatoms. The summed E-state index contributed by atoms with van der Waals surface area (Å²) in [6, 6.07) is 15.4. The highest BCUT2D eigenvalue weighted by Gasteiger charge is 2.19. The second kappa shape index (κ2) is 7.57. The molecule has 0 N–H and O–H groups in total. The zero-order valence-corrected chi connectivity index (χ0v) is 14.6. The number of aromatic nitrogens is 2. The Balaban J connectivity index is 1.43. The first-order valence-corrected chi connectivity index (χ1v) is 8.69. The van der Waals surface area contributed by atoms with Gasteiger partial charge in [-0.25, -0.2) is 18.7 Å². The van der Waals surface area contributed by atoms with E-state index in [4.69, 9.17) is 4.74 Å². The maximum absolute atomic E-state index is 13.3. The molecule has 0 amide bonds. The Hall–Kier alpha value is -3.22. The zero-order valence-electron chi connectivity index (χ0n) is 14.6. The van der Waals surface area contributed by atoms with Crippen molar-refractivity contribution in [2.45, 2.75) is 0 Å². The molecule has 0 bridgehead atoms. The number of hydrogen-bond donors (Lipinski definition) is 0.